The number of para-hydroxylation sites is 1. The number of fused-ring (bicyclic) bond motifs is 1. The number of hydrogen-bond acceptors (Lipinski definition) is 3. The fraction of sp³-hybridized carbons (Fsp3) is 0.250. The van der Waals surface area contributed by atoms with Gasteiger partial charge in [-0.15, -0.1) is 0 Å². The van der Waals surface area contributed by atoms with Crippen molar-refractivity contribution in [3.63, 3.8) is 0 Å². The van der Waals surface area contributed by atoms with Crippen molar-refractivity contribution in [2.24, 2.45) is 7.05 Å². The molecule has 126 valence electrons. The predicted molar refractivity (Wildman–Crippen MR) is 100 cm³/mol. The van der Waals surface area contributed by atoms with Gasteiger partial charge in [0, 0.05) is 12.6 Å². The van der Waals surface area contributed by atoms with Crippen LogP contribution in [0.2, 0.25) is 0 Å². The molecule has 0 spiro atoms. The van der Waals surface area contributed by atoms with Gasteiger partial charge < -0.3 is 4.57 Å². The van der Waals surface area contributed by atoms with Crippen LogP contribution < -0.4 is 0 Å². The second-order valence-corrected chi connectivity index (χ2v) is 6.63. The number of imidazole rings is 1. The highest BCUT2D eigenvalue weighted by Crippen LogP contribution is 2.30. The molecule has 0 N–H and O–H groups in total. The molecular weight excluding hydrogens is 310 g/mol. The normalized spacial score (nSPS) is 11.4. The zero-order valence-corrected chi connectivity index (χ0v) is 15.2. The number of hydrogen-bond donors (Lipinski definition) is 0. The van der Waals surface area contributed by atoms with Crippen LogP contribution in [-0.4, -0.2) is 24.3 Å². The minimum absolute atomic E-state index is 0.818. The third-order valence-electron chi connectivity index (χ3n) is 4.77. The second-order valence-electron chi connectivity index (χ2n) is 6.63. The predicted octanol–water partition coefficient (Wildman–Crippen LogP) is 4.05. The van der Waals surface area contributed by atoms with Crippen LogP contribution in [0.5, 0.6) is 0 Å². The van der Waals surface area contributed by atoms with E-state index in [1.165, 1.54) is 16.7 Å². The molecule has 0 aliphatic carbocycles. The molecule has 0 amide bonds. The fourth-order valence-electron chi connectivity index (χ4n) is 3.61. The quantitative estimate of drug-likeness (QED) is 0.556. The Labute approximate surface area is 147 Å². The molecule has 5 heteroatoms. The Morgan fingerprint density at radius 2 is 1.68 bits per heavy atom. The van der Waals surface area contributed by atoms with Crippen LogP contribution in [0.4, 0.5) is 0 Å². The Balaban J connectivity index is 2.00. The minimum atomic E-state index is 0.818. The van der Waals surface area contributed by atoms with Gasteiger partial charge in [-0.05, 0) is 51.0 Å². The largest absolute Gasteiger partial charge is 0.331 e. The van der Waals surface area contributed by atoms with Gasteiger partial charge in [-0.25, -0.2) is 14.6 Å². The van der Waals surface area contributed by atoms with Crippen molar-refractivity contribution in [3.05, 3.63) is 59.2 Å². The minimum Gasteiger partial charge on any atom is -0.331 e. The lowest BCUT2D eigenvalue weighted by atomic mass is 10.0. The van der Waals surface area contributed by atoms with Crippen molar-refractivity contribution in [3.8, 4) is 17.1 Å². The summed E-state index contributed by atoms with van der Waals surface area (Å²) < 4.78 is 4.03. The summed E-state index contributed by atoms with van der Waals surface area (Å²) in [6, 6.07) is 10.6. The lowest BCUT2D eigenvalue weighted by Crippen LogP contribution is -2.05. The highest BCUT2D eigenvalue weighted by atomic mass is 15.3. The topological polar surface area (TPSA) is 48.5 Å². The van der Waals surface area contributed by atoms with Crippen LogP contribution in [0.1, 0.15) is 22.5 Å². The summed E-state index contributed by atoms with van der Waals surface area (Å²) in [4.78, 5) is 9.30. The van der Waals surface area contributed by atoms with Crippen molar-refractivity contribution in [2.75, 3.05) is 0 Å². The van der Waals surface area contributed by atoms with Gasteiger partial charge in [-0.2, -0.15) is 5.10 Å². The number of rotatable bonds is 2. The first-order valence-corrected chi connectivity index (χ1v) is 8.38. The standard InChI is InChI=1S/C20H21N5/c1-12-9-13(2)19(14(3)10-12)25-20(21-11-22-25)16-7-6-8-17-18(16)23-15(4)24(17)5/h6-11H,1-5H3. The Kier molecular flexibility index (Phi) is 3.46. The van der Waals surface area contributed by atoms with E-state index >= 15 is 0 Å². The van der Waals surface area contributed by atoms with Crippen molar-refractivity contribution < 1.29 is 0 Å². The van der Waals surface area contributed by atoms with Crippen LogP contribution in [0, 0.1) is 27.7 Å². The van der Waals surface area contributed by atoms with E-state index in [4.69, 9.17) is 4.98 Å². The Hall–Kier alpha value is -2.95. The number of aromatic nitrogens is 5. The molecule has 0 saturated heterocycles. The highest BCUT2D eigenvalue weighted by Gasteiger charge is 2.18. The van der Waals surface area contributed by atoms with E-state index in [9.17, 15) is 0 Å². The summed E-state index contributed by atoms with van der Waals surface area (Å²) in [6.45, 7) is 8.37. The third kappa shape index (κ3) is 2.35. The van der Waals surface area contributed by atoms with Crippen LogP contribution in [0.3, 0.4) is 0 Å². The summed E-state index contributed by atoms with van der Waals surface area (Å²) in [6.07, 6.45) is 1.61. The first-order chi connectivity index (χ1) is 12.0. The van der Waals surface area contributed by atoms with E-state index in [2.05, 4.69) is 59.7 Å². The van der Waals surface area contributed by atoms with E-state index in [1.807, 2.05) is 24.7 Å². The second kappa shape index (κ2) is 5.55. The molecule has 4 rings (SSSR count). The lowest BCUT2D eigenvalue weighted by Gasteiger charge is -2.13. The van der Waals surface area contributed by atoms with Gasteiger partial charge in [-0.3, -0.25) is 0 Å². The van der Waals surface area contributed by atoms with E-state index < -0.39 is 0 Å². The van der Waals surface area contributed by atoms with Gasteiger partial charge in [0.2, 0.25) is 0 Å². The van der Waals surface area contributed by atoms with Crippen molar-refractivity contribution >= 4 is 11.0 Å². The van der Waals surface area contributed by atoms with Crippen LogP contribution >= 0.6 is 0 Å². The molecule has 0 aliphatic heterocycles. The highest BCUT2D eigenvalue weighted by molar-refractivity contribution is 5.91. The maximum atomic E-state index is 4.74. The molecule has 0 aliphatic rings. The molecule has 0 fully saturated rings. The summed E-state index contributed by atoms with van der Waals surface area (Å²) in [5, 5.41) is 4.52. The molecule has 25 heavy (non-hydrogen) atoms. The van der Waals surface area contributed by atoms with E-state index in [0.717, 1.165) is 33.9 Å². The molecule has 2 heterocycles. The van der Waals surface area contributed by atoms with E-state index in [0.29, 0.717) is 0 Å². The molecular formula is C20H21N5. The van der Waals surface area contributed by atoms with Gasteiger partial charge in [0.1, 0.15) is 12.2 Å². The molecule has 0 saturated carbocycles. The van der Waals surface area contributed by atoms with Gasteiger partial charge in [0.05, 0.1) is 16.7 Å². The number of nitrogens with zero attached hydrogens (tertiary/aromatic N) is 5. The Morgan fingerprint density at radius 1 is 0.960 bits per heavy atom. The Bertz CT molecular complexity index is 1080. The smallest absolute Gasteiger partial charge is 0.165 e. The molecule has 0 atom stereocenters. The third-order valence-corrected chi connectivity index (χ3v) is 4.77. The van der Waals surface area contributed by atoms with Crippen molar-refractivity contribution in [1.82, 2.24) is 24.3 Å². The zero-order valence-electron chi connectivity index (χ0n) is 15.2. The van der Waals surface area contributed by atoms with E-state index in [-0.39, 0.29) is 0 Å². The zero-order chi connectivity index (χ0) is 17.7. The number of aryl methyl sites for hydroxylation is 5. The SMILES string of the molecule is Cc1cc(C)c(-n2ncnc2-c2cccc3c2nc(C)n3C)c(C)c1. The van der Waals surface area contributed by atoms with Crippen LogP contribution in [0.15, 0.2) is 36.7 Å². The molecule has 4 aromatic rings. The maximum absolute atomic E-state index is 4.74. The van der Waals surface area contributed by atoms with E-state index in [1.54, 1.807) is 6.33 Å². The summed E-state index contributed by atoms with van der Waals surface area (Å²) in [7, 11) is 2.04. The average Bonchev–Trinajstić information content (AvgIpc) is 3.12. The molecule has 0 bridgehead atoms. The molecule has 2 aromatic carbocycles. The molecule has 0 radical (unpaired) electrons. The molecule has 0 unspecified atom stereocenters. The maximum Gasteiger partial charge on any atom is 0.165 e. The van der Waals surface area contributed by atoms with Crippen molar-refractivity contribution in [1.29, 1.82) is 0 Å². The van der Waals surface area contributed by atoms with Gasteiger partial charge >= 0.3 is 0 Å². The van der Waals surface area contributed by atoms with Gasteiger partial charge in [0.15, 0.2) is 5.82 Å². The molecule has 2 aromatic heterocycles. The summed E-state index contributed by atoms with van der Waals surface area (Å²) in [5.41, 5.74) is 7.77. The van der Waals surface area contributed by atoms with Crippen LogP contribution in [0.25, 0.3) is 28.1 Å². The van der Waals surface area contributed by atoms with Gasteiger partial charge in [-0.1, -0.05) is 23.8 Å². The van der Waals surface area contributed by atoms with Gasteiger partial charge in [0.25, 0.3) is 0 Å². The lowest BCUT2D eigenvalue weighted by molar-refractivity contribution is 0.870. The Morgan fingerprint density at radius 3 is 2.40 bits per heavy atom. The van der Waals surface area contributed by atoms with Crippen molar-refractivity contribution in [2.45, 2.75) is 27.7 Å². The first-order valence-electron chi connectivity index (χ1n) is 8.38. The average molecular weight is 331 g/mol. The first kappa shape index (κ1) is 15.6. The summed E-state index contributed by atoms with van der Waals surface area (Å²) in [5.74, 6) is 1.80. The summed E-state index contributed by atoms with van der Waals surface area (Å²) >= 11 is 0. The monoisotopic (exact) mass is 331 g/mol. The van der Waals surface area contributed by atoms with Crippen LogP contribution in [-0.2, 0) is 7.05 Å². The molecule has 5 nitrogen and oxygen atoms in total. The number of benzene rings is 2. The fourth-order valence-corrected chi connectivity index (χ4v) is 3.61.